The first-order valence-corrected chi connectivity index (χ1v) is 8.34. The van der Waals surface area contributed by atoms with Crippen molar-refractivity contribution in [2.24, 2.45) is 11.8 Å². The number of nitro groups is 1. The molecule has 1 unspecified atom stereocenters. The molecule has 1 saturated heterocycles. The average Bonchev–Trinajstić information content (AvgIpc) is 2.98. The van der Waals surface area contributed by atoms with E-state index in [4.69, 9.17) is 0 Å². The highest BCUT2D eigenvalue weighted by atomic mass is 35.5. The van der Waals surface area contributed by atoms with E-state index in [9.17, 15) is 14.9 Å². The molecule has 0 saturated carbocycles. The second-order valence-electron chi connectivity index (χ2n) is 6.63. The van der Waals surface area contributed by atoms with Crippen molar-refractivity contribution < 1.29 is 9.72 Å². The number of amides is 1. The number of nitro benzene ring substituents is 1. The summed E-state index contributed by atoms with van der Waals surface area (Å²) in [6, 6.07) is 4.83. The molecule has 132 valence electrons. The molecule has 7 heteroatoms. The van der Waals surface area contributed by atoms with Gasteiger partial charge < -0.3 is 10.2 Å². The summed E-state index contributed by atoms with van der Waals surface area (Å²) < 4.78 is 0. The number of rotatable bonds is 4. The van der Waals surface area contributed by atoms with E-state index in [0.29, 0.717) is 24.8 Å². The molecule has 24 heavy (non-hydrogen) atoms. The lowest BCUT2D eigenvalue weighted by atomic mass is 9.84. The first-order chi connectivity index (χ1) is 11.1. The maximum absolute atomic E-state index is 12.7. The van der Waals surface area contributed by atoms with Crippen LogP contribution in [0.4, 0.5) is 11.4 Å². The predicted molar refractivity (Wildman–Crippen MR) is 95.8 cm³/mol. The quantitative estimate of drug-likeness (QED) is 0.667. The summed E-state index contributed by atoms with van der Waals surface area (Å²) in [5.74, 6) is 1.04. The fourth-order valence-electron chi connectivity index (χ4n) is 3.71. The number of carbonyl (C=O) groups excluding carboxylic acids is 1. The lowest BCUT2D eigenvalue weighted by Gasteiger charge is -2.29. The Hall–Kier alpha value is -1.66. The molecule has 0 bridgehead atoms. The molecule has 2 heterocycles. The highest BCUT2D eigenvalue weighted by Gasteiger charge is 2.29. The molecule has 1 aromatic rings. The van der Waals surface area contributed by atoms with Crippen LogP contribution in [-0.2, 0) is 11.2 Å². The van der Waals surface area contributed by atoms with Gasteiger partial charge in [-0.25, -0.2) is 0 Å². The molecule has 0 spiro atoms. The van der Waals surface area contributed by atoms with E-state index < -0.39 is 4.92 Å². The van der Waals surface area contributed by atoms with Crippen molar-refractivity contribution in [3.05, 3.63) is 33.9 Å². The van der Waals surface area contributed by atoms with Gasteiger partial charge in [-0.3, -0.25) is 14.9 Å². The van der Waals surface area contributed by atoms with Gasteiger partial charge in [-0.05, 0) is 49.8 Å². The Balaban J connectivity index is 0.00000208. The van der Waals surface area contributed by atoms with Crippen molar-refractivity contribution in [2.75, 3.05) is 24.5 Å². The molecule has 0 aromatic heterocycles. The van der Waals surface area contributed by atoms with Crippen molar-refractivity contribution >= 4 is 29.7 Å². The van der Waals surface area contributed by atoms with E-state index in [0.717, 1.165) is 43.6 Å². The van der Waals surface area contributed by atoms with Gasteiger partial charge >= 0.3 is 0 Å². The van der Waals surface area contributed by atoms with Crippen LogP contribution in [0.15, 0.2) is 18.2 Å². The number of hydrogen-bond acceptors (Lipinski definition) is 4. The van der Waals surface area contributed by atoms with Gasteiger partial charge in [0.05, 0.1) is 10.6 Å². The highest BCUT2D eigenvalue weighted by Crippen LogP contribution is 2.33. The minimum Gasteiger partial charge on any atom is -0.317 e. The monoisotopic (exact) mass is 353 g/mol. The third-order valence-electron chi connectivity index (χ3n) is 5.16. The predicted octanol–water partition coefficient (Wildman–Crippen LogP) is 2.93. The maximum atomic E-state index is 12.7. The number of hydrogen-bond donors (Lipinski definition) is 1. The van der Waals surface area contributed by atoms with Crippen LogP contribution in [0.2, 0.25) is 0 Å². The Morgan fingerprint density at radius 2 is 2.12 bits per heavy atom. The SMILES string of the molecule is CC(CC(=O)N1CCc2ccc([N+](=O)[O-])cc21)C1CCNCC1.Cl. The molecular formula is C17H24ClN3O3. The number of anilines is 1. The summed E-state index contributed by atoms with van der Waals surface area (Å²) in [5.41, 5.74) is 1.80. The standard InChI is InChI=1S/C17H23N3O3.ClH/c1-12(13-4-7-18-8-5-13)10-17(21)19-9-6-14-2-3-15(20(22)23)11-16(14)19;/h2-3,11-13,18H,4-10H2,1H3;1H. The van der Waals surface area contributed by atoms with Crippen LogP contribution < -0.4 is 10.2 Å². The molecule has 1 aromatic carbocycles. The van der Waals surface area contributed by atoms with Gasteiger partial charge in [-0.2, -0.15) is 0 Å². The summed E-state index contributed by atoms with van der Waals surface area (Å²) in [6.07, 6.45) is 3.54. The number of non-ortho nitro benzene ring substituents is 1. The van der Waals surface area contributed by atoms with Crippen LogP contribution in [0.1, 0.15) is 31.7 Å². The number of piperidine rings is 1. The zero-order valence-corrected chi connectivity index (χ0v) is 14.7. The second-order valence-corrected chi connectivity index (χ2v) is 6.63. The van der Waals surface area contributed by atoms with Gasteiger partial charge in [0, 0.05) is 25.1 Å². The van der Waals surface area contributed by atoms with Gasteiger partial charge in [0.15, 0.2) is 0 Å². The lowest BCUT2D eigenvalue weighted by molar-refractivity contribution is -0.384. The zero-order chi connectivity index (χ0) is 16.4. The molecule has 1 atom stereocenters. The minimum absolute atomic E-state index is 0. The average molecular weight is 354 g/mol. The first kappa shape index (κ1) is 18.7. The van der Waals surface area contributed by atoms with E-state index >= 15 is 0 Å². The molecule has 2 aliphatic heterocycles. The molecule has 2 aliphatic rings. The first-order valence-electron chi connectivity index (χ1n) is 8.34. The fraction of sp³-hybridized carbons (Fsp3) is 0.588. The molecule has 6 nitrogen and oxygen atoms in total. The molecule has 1 amide bonds. The summed E-state index contributed by atoms with van der Waals surface area (Å²) in [4.78, 5) is 25.0. The van der Waals surface area contributed by atoms with Gasteiger partial charge in [0.2, 0.25) is 5.91 Å². The van der Waals surface area contributed by atoms with Crippen molar-refractivity contribution in [3.63, 3.8) is 0 Å². The largest absolute Gasteiger partial charge is 0.317 e. The van der Waals surface area contributed by atoms with E-state index in [1.54, 1.807) is 11.0 Å². The maximum Gasteiger partial charge on any atom is 0.271 e. The Labute approximate surface area is 148 Å². The normalized spacial score (nSPS) is 18.6. The third kappa shape index (κ3) is 3.87. The molecular weight excluding hydrogens is 330 g/mol. The number of nitrogens with one attached hydrogen (secondary N) is 1. The van der Waals surface area contributed by atoms with Crippen LogP contribution in [0.25, 0.3) is 0 Å². The number of benzene rings is 1. The van der Waals surface area contributed by atoms with Crippen LogP contribution in [0.5, 0.6) is 0 Å². The van der Waals surface area contributed by atoms with E-state index in [1.165, 1.54) is 12.1 Å². The molecule has 1 fully saturated rings. The van der Waals surface area contributed by atoms with Gasteiger partial charge in [0.1, 0.15) is 0 Å². The van der Waals surface area contributed by atoms with E-state index in [1.807, 2.05) is 0 Å². The van der Waals surface area contributed by atoms with Crippen molar-refractivity contribution in [1.82, 2.24) is 5.32 Å². The topological polar surface area (TPSA) is 75.5 Å². The van der Waals surface area contributed by atoms with Crippen LogP contribution in [0, 0.1) is 22.0 Å². The summed E-state index contributed by atoms with van der Waals surface area (Å²) >= 11 is 0. The van der Waals surface area contributed by atoms with Crippen molar-refractivity contribution in [3.8, 4) is 0 Å². The second kappa shape index (κ2) is 7.94. The van der Waals surface area contributed by atoms with Crippen molar-refractivity contribution in [1.29, 1.82) is 0 Å². The Kier molecular flexibility index (Phi) is 6.18. The number of halogens is 1. The van der Waals surface area contributed by atoms with E-state index in [-0.39, 0.29) is 24.0 Å². The summed E-state index contributed by atoms with van der Waals surface area (Å²) in [6.45, 7) is 4.84. The van der Waals surface area contributed by atoms with Crippen molar-refractivity contribution in [2.45, 2.75) is 32.6 Å². The Bertz CT molecular complexity index is 617. The molecule has 0 radical (unpaired) electrons. The van der Waals surface area contributed by atoms with Crippen LogP contribution in [0.3, 0.4) is 0 Å². The number of carbonyl (C=O) groups is 1. The number of nitrogens with zero attached hydrogens (tertiary/aromatic N) is 2. The van der Waals surface area contributed by atoms with E-state index in [2.05, 4.69) is 12.2 Å². The molecule has 3 rings (SSSR count). The highest BCUT2D eigenvalue weighted by molar-refractivity contribution is 5.96. The zero-order valence-electron chi connectivity index (χ0n) is 13.9. The Morgan fingerprint density at radius 1 is 1.42 bits per heavy atom. The van der Waals surface area contributed by atoms with Gasteiger partial charge in [-0.15, -0.1) is 12.4 Å². The summed E-state index contributed by atoms with van der Waals surface area (Å²) in [7, 11) is 0. The van der Waals surface area contributed by atoms with Gasteiger partial charge in [-0.1, -0.05) is 13.0 Å². The number of fused-ring (bicyclic) bond motifs is 1. The smallest absolute Gasteiger partial charge is 0.271 e. The van der Waals surface area contributed by atoms with Crippen LogP contribution >= 0.6 is 12.4 Å². The molecule has 0 aliphatic carbocycles. The van der Waals surface area contributed by atoms with Gasteiger partial charge in [0.25, 0.3) is 5.69 Å². The van der Waals surface area contributed by atoms with Crippen LogP contribution in [-0.4, -0.2) is 30.5 Å². The minimum atomic E-state index is -0.404. The third-order valence-corrected chi connectivity index (χ3v) is 5.16. The Morgan fingerprint density at radius 3 is 2.79 bits per heavy atom. The summed E-state index contributed by atoms with van der Waals surface area (Å²) in [5, 5.41) is 14.3. The molecule has 1 N–H and O–H groups in total. The fourth-order valence-corrected chi connectivity index (χ4v) is 3.71. The lowest BCUT2D eigenvalue weighted by Crippen LogP contribution is -2.35.